The van der Waals surface area contributed by atoms with Crippen molar-refractivity contribution in [2.75, 3.05) is 69.8 Å². The predicted molar refractivity (Wildman–Crippen MR) is 273 cm³/mol. The lowest BCUT2D eigenvalue weighted by Crippen LogP contribution is -2.61. The van der Waals surface area contributed by atoms with Gasteiger partial charge in [0.25, 0.3) is 11.8 Å². The van der Waals surface area contributed by atoms with Crippen LogP contribution in [0.15, 0.2) is 54.2 Å². The zero-order valence-corrected chi connectivity index (χ0v) is 42.9. The molecule has 5 N–H and O–H groups in total. The lowest BCUT2D eigenvalue weighted by molar-refractivity contribution is -0.143. The Kier molecular flexibility index (Phi) is 15.9. The summed E-state index contributed by atoms with van der Waals surface area (Å²) in [5.41, 5.74) is 4.03. The highest BCUT2D eigenvalue weighted by molar-refractivity contribution is 8.00. The summed E-state index contributed by atoms with van der Waals surface area (Å²) in [5.74, 6) is 0.256. The van der Waals surface area contributed by atoms with Gasteiger partial charge in [-0.1, -0.05) is 35.9 Å². The van der Waals surface area contributed by atoms with Crippen LogP contribution in [0.4, 0.5) is 21.8 Å². The summed E-state index contributed by atoms with van der Waals surface area (Å²) in [6.45, 7) is 10.0. The monoisotopic (exact) mass is 1020 g/mol. The zero-order valence-electron chi connectivity index (χ0n) is 40.5. The van der Waals surface area contributed by atoms with Crippen molar-refractivity contribution in [3.8, 4) is 16.2 Å². The number of alkyl halides is 1. The Morgan fingerprint density at radius 2 is 1.74 bits per heavy atom. The van der Waals surface area contributed by atoms with Crippen molar-refractivity contribution < 1.29 is 33.4 Å². The van der Waals surface area contributed by atoms with Gasteiger partial charge in [0.05, 0.1) is 41.2 Å². The molecule has 4 fully saturated rings. The van der Waals surface area contributed by atoms with Gasteiger partial charge >= 0.3 is 0 Å². The van der Waals surface area contributed by atoms with Crippen molar-refractivity contribution in [2.24, 2.45) is 5.41 Å². The number of nitrogens with zero attached hydrogens (tertiary/aromatic N) is 6. The van der Waals surface area contributed by atoms with Crippen LogP contribution in [-0.2, 0) is 20.9 Å². The van der Waals surface area contributed by atoms with E-state index in [2.05, 4.69) is 41.1 Å². The Morgan fingerprint density at radius 1 is 1.03 bits per heavy atom. The number of carbonyl (C=O) groups excluding carboxylic acids is 4. The molecule has 1 unspecified atom stereocenters. The smallest absolute Gasteiger partial charge is 0.258 e. The number of thiazole rings is 1. The third-order valence-electron chi connectivity index (χ3n) is 14.4. The van der Waals surface area contributed by atoms with Crippen LogP contribution in [0.25, 0.3) is 10.4 Å². The maximum absolute atomic E-state index is 15.1. The molecule has 1 saturated carbocycles. The first-order valence-electron chi connectivity index (χ1n) is 24.1. The summed E-state index contributed by atoms with van der Waals surface area (Å²) in [7, 11) is 3.28. The third-order valence-corrected chi connectivity index (χ3v) is 17.1. The maximum Gasteiger partial charge on any atom is 0.258 e. The van der Waals surface area contributed by atoms with Crippen LogP contribution in [0.1, 0.15) is 86.8 Å². The van der Waals surface area contributed by atoms with Gasteiger partial charge in [-0.25, -0.2) is 14.4 Å². The van der Waals surface area contributed by atoms with Crippen LogP contribution in [0.5, 0.6) is 5.75 Å². The van der Waals surface area contributed by atoms with Crippen LogP contribution in [-0.4, -0.2) is 146 Å². The van der Waals surface area contributed by atoms with E-state index in [4.69, 9.17) is 16.3 Å². The number of ether oxygens (including phenoxy) is 1. The number of thioether (sulfide) groups is 1. The molecular formula is C50H64ClFN10O6S2. The second kappa shape index (κ2) is 21.7. The van der Waals surface area contributed by atoms with Gasteiger partial charge in [-0.3, -0.25) is 19.2 Å². The number of anilines is 3. The standard InChI is InChI=1S/C50H64ClFN10O6S2/c1-31-40(69-30-56-31)33-9-7-32(8-10-33)27-54-43(64)38-26-35(63)29-62(38)45(66)41(58-46(67)50(52)13-14-50)48(2,3)70-24-6-19-60-20-15-49(16-21-60)17-22-61(23-18-49)44(65)34-11-12-37(39(25-34)68-5)57-47-55-28-36(51)42(53-4)59-47/h7-12,25,28,30,35,38,41,63H,6,13-24,26-27,29H2,1-5H3,(H,54,64)(H,58,67)(H2,53,55,57,59)/t35-,38-,41?/m1/s1. The zero-order chi connectivity index (χ0) is 49.8. The van der Waals surface area contributed by atoms with Crippen molar-refractivity contribution in [1.29, 1.82) is 0 Å². The number of aliphatic hydroxyl groups excluding tert-OH is 1. The van der Waals surface area contributed by atoms with Crippen molar-refractivity contribution in [2.45, 2.75) is 107 Å². The topological polar surface area (TPSA) is 194 Å². The molecule has 5 heterocycles. The van der Waals surface area contributed by atoms with Crippen molar-refractivity contribution in [3.05, 3.63) is 76.0 Å². The molecule has 16 nitrogen and oxygen atoms in total. The summed E-state index contributed by atoms with van der Waals surface area (Å²) < 4.78 is 19.9. The molecule has 0 bridgehead atoms. The van der Waals surface area contributed by atoms with E-state index in [1.165, 1.54) is 11.1 Å². The molecule has 2 aromatic carbocycles. The van der Waals surface area contributed by atoms with Gasteiger partial charge in [0.1, 0.15) is 28.7 Å². The van der Waals surface area contributed by atoms with Crippen LogP contribution in [0.2, 0.25) is 5.02 Å². The fourth-order valence-electron chi connectivity index (χ4n) is 9.74. The fraction of sp³-hybridized carbons (Fsp3) is 0.540. The second-order valence-corrected chi connectivity index (χ2v) is 22.6. The van der Waals surface area contributed by atoms with Gasteiger partial charge in [-0.05, 0) is 126 Å². The number of aromatic nitrogens is 3. The largest absolute Gasteiger partial charge is 0.495 e. The number of hydrogen-bond donors (Lipinski definition) is 5. The van der Waals surface area contributed by atoms with Crippen LogP contribution < -0.4 is 26.0 Å². The summed E-state index contributed by atoms with van der Waals surface area (Å²) in [4.78, 5) is 74.9. The van der Waals surface area contributed by atoms with Crippen molar-refractivity contribution in [1.82, 2.24) is 40.3 Å². The number of halogens is 2. The van der Waals surface area contributed by atoms with Crippen molar-refractivity contribution in [3.63, 3.8) is 0 Å². The molecule has 70 heavy (non-hydrogen) atoms. The highest BCUT2D eigenvalue weighted by Crippen LogP contribution is 2.43. The van der Waals surface area contributed by atoms with Gasteiger partial charge in [-0.15, -0.1) is 11.3 Å². The number of piperidine rings is 2. The summed E-state index contributed by atoms with van der Waals surface area (Å²) in [6, 6.07) is 11.1. The Bertz CT molecular complexity index is 2530. The molecule has 1 aliphatic carbocycles. The van der Waals surface area contributed by atoms with Gasteiger partial charge < -0.3 is 45.8 Å². The Balaban J connectivity index is 0.805. The van der Waals surface area contributed by atoms with Gasteiger partial charge in [0.15, 0.2) is 5.67 Å². The average Bonchev–Trinajstić information content (AvgIpc) is 3.77. The van der Waals surface area contributed by atoms with Crippen molar-refractivity contribution >= 4 is 75.8 Å². The molecule has 3 atom stereocenters. The number of hydrogen-bond acceptors (Lipinski definition) is 14. The van der Waals surface area contributed by atoms with E-state index in [0.717, 1.165) is 73.4 Å². The van der Waals surface area contributed by atoms with E-state index in [-0.39, 0.29) is 43.7 Å². The van der Waals surface area contributed by atoms with Gasteiger partial charge in [-0.2, -0.15) is 16.7 Å². The normalized spacial score (nSPS) is 20.2. The third kappa shape index (κ3) is 11.8. The van der Waals surface area contributed by atoms with Crippen LogP contribution >= 0.6 is 34.7 Å². The fourth-order valence-corrected chi connectivity index (χ4v) is 11.9. The first kappa shape index (κ1) is 51.3. The minimum atomic E-state index is -2.00. The minimum absolute atomic E-state index is 0.0300. The van der Waals surface area contributed by atoms with E-state index in [1.807, 2.05) is 55.4 Å². The maximum atomic E-state index is 15.1. The summed E-state index contributed by atoms with van der Waals surface area (Å²) in [6.07, 6.45) is 5.65. The Labute approximate surface area is 422 Å². The Morgan fingerprint density at radius 3 is 2.40 bits per heavy atom. The number of rotatable bonds is 18. The quantitative estimate of drug-likeness (QED) is 0.0652. The first-order valence-corrected chi connectivity index (χ1v) is 26.3. The number of likely N-dealkylation sites (tertiary alicyclic amines) is 3. The minimum Gasteiger partial charge on any atom is -0.495 e. The second-order valence-electron chi connectivity index (χ2n) is 19.6. The molecule has 2 aromatic heterocycles. The average molecular weight is 1020 g/mol. The molecule has 376 valence electrons. The Hall–Kier alpha value is -5.08. The van der Waals surface area contributed by atoms with E-state index in [1.54, 1.807) is 55.5 Å². The SMILES string of the molecule is CNc1nc(Nc2ccc(C(=O)N3CCC4(CCN(CCCSC(C)(C)C(NC(=O)C5(F)CC5)C(=O)N5C[C@H](O)C[C@@H]5C(=O)NCc5ccc(-c6scnc6C)cc5)CC4)CC3)cc2OC)ncc1Cl. The number of amides is 4. The molecule has 1 spiro atoms. The first-order chi connectivity index (χ1) is 33.5. The number of carbonyl (C=O) groups is 4. The summed E-state index contributed by atoms with van der Waals surface area (Å²) >= 11 is 9.25. The van der Waals surface area contributed by atoms with E-state index < -0.39 is 46.3 Å². The number of benzene rings is 2. The number of nitrogens with one attached hydrogen (secondary N) is 4. The van der Waals surface area contributed by atoms with Crippen LogP contribution in [0, 0.1) is 12.3 Å². The van der Waals surface area contributed by atoms with Gasteiger partial charge in [0.2, 0.25) is 17.8 Å². The lowest BCUT2D eigenvalue weighted by Gasteiger charge is -2.47. The molecule has 4 aromatic rings. The van der Waals surface area contributed by atoms with Gasteiger partial charge in [0, 0.05) is 50.0 Å². The van der Waals surface area contributed by atoms with E-state index in [9.17, 15) is 24.3 Å². The molecule has 20 heteroatoms. The predicted octanol–water partition coefficient (Wildman–Crippen LogP) is 6.84. The lowest BCUT2D eigenvalue weighted by atomic mass is 9.71. The molecule has 4 aliphatic rings. The highest BCUT2D eigenvalue weighted by Gasteiger charge is 2.54. The van der Waals surface area contributed by atoms with Crippen LogP contribution in [0.3, 0.4) is 0 Å². The number of aryl methyl sites for hydroxylation is 1. The number of methoxy groups -OCH3 is 1. The van der Waals surface area contributed by atoms with E-state index >= 15 is 4.39 Å². The molecule has 3 aliphatic heterocycles. The molecule has 8 rings (SSSR count). The van der Waals surface area contributed by atoms with E-state index in [0.29, 0.717) is 52.6 Å². The summed E-state index contributed by atoms with van der Waals surface area (Å²) in [5, 5.41) is 23.0. The molecule has 4 amide bonds. The highest BCUT2D eigenvalue weighted by atomic mass is 35.5. The molecule has 0 radical (unpaired) electrons. The molecule has 3 saturated heterocycles. The molecular weight excluding hydrogens is 955 g/mol. The number of β-amino-alcohol motifs (C(OH)–C–C–N with tert-alkyl or cyclic N) is 1. The number of aliphatic hydroxyl groups is 1.